The summed E-state index contributed by atoms with van der Waals surface area (Å²) in [5.41, 5.74) is -1.56. The first-order valence-corrected chi connectivity index (χ1v) is 32.5. The van der Waals surface area contributed by atoms with Gasteiger partial charge in [-0.05, 0) is 69.7 Å². The number of aromatic hydroxyl groups is 2. The Morgan fingerprint density at radius 1 is 0.546 bits per heavy atom. The average Bonchev–Trinajstić information content (AvgIpc) is 1.66. The number of hydrogen-bond acceptors (Lipinski definition) is 21. The molecule has 1 saturated heterocycles. The largest absolute Gasteiger partial charge is 0.507 e. The first kappa shape index (κ1) is 74.2. The van der Waals surface area contributed by atoms with Gasteiger partial charge in [-0.25, -0.2) is 4.79 Å². The van der Waals surface area contributed by atoms with Gasteiger partial charge in [0.15, 0.2) is 0 Å². The lowest BCUT2D eigenvalue weighted by atomic mass is 9.96. The summed E-state index contributed by atoms with van der Waals surface area (Å²) < 4.78 is 0. The minimum atomic E-state index is -0.851. The van der Waals surface area contributed by atoms with Gasteiger partial charge in [0.2, 0.25) is 5.91 Å². The lowest BCUT2D eigenvalue weighted by Crippen LogP contribution is -2.49. The van der Waals surface area contributed by atoms with Crippen LogP contribution in [-0.4, -0.2) is 253 Å². The van der Waals surface area contributed by atoms with Crippen molar-refractivity contribution in [3.05, 3.63) is 105 Å². The standard InChI is InChI=1S/C66H86N14O17/c1-3-10-44-55(85)42(2)59(89)68-23-30-76-31-24-73-65(95)49-16-8-17-50(58(49)88)66(96)75-43(11-4-5-22-67-51(81)18-9-19-54(84)97-80-52(82)20-21-53(80)83)41-79(36-29-74-60(44)90)40-39-78-34-27-71-63(93)47-14-6-12-45(56(47)86)61(91)69-25-32-77(38-37-76)33-26-70-62(92)46-13-7-15-48(57(46)87)64(94)72-28-35-78/h1,6,8,10,12,14-17,43,85-88H,4-5,7,9,11,13,18-41H2,2H3,(H,67,81)(H,68,89)(H,69,91)(H,70,92)(H,71,93)(H,72,94)(H,73,95)(H,74,90)(H,75,96). The topological polar surface area (TPSA) is 419 Å². The maximum atomic E-state index is 14.6. The molecule has 522 valence electrons. The summed E-state index contributed by atoms with van der Waals surface area (Å²) in [7, 11) is 0. The molecular formula is C66H86N14O17. The monoisotopic (exact) mass is 1350 g/mol. The number of aliphatic hydroxyl groups is 2. The van der Waals surface area contributed by atoms with Crippen LogP contribution in [-0.2, 0) is 43.2 Å². The third kappa shape index (κ3) is 21.9. The van der Waals surface area contributed by atoms with Crippen LogP contribution in [0.5, 0.6) is 11.5 Å². The Bertz CT molecular complexity index is 3470. The van der Waals surface area contributed by atoms with E-state index < -0.39 is 106 Å². The number of unbranched alkanes of at least 4 members (excludes halogenated alkanes) is 1. The molecule has 0 aromatic heterocycles. The van der Waals surface area contributed by atoms with Crippen LogP contribution in [0.4, 0.5) is 0 Å². The molecule has 0 radical (unpaired) electrons. The second kappa shape index (κ2) is 37.2. The molecule has 8 rings (SSSR count). The van der Waals surface area contributed by atoms with Crippen LogP contribution in [0.2, 0.25) is 0 Å². The number of hydrogen-bond donors (Lipinski definition) is 13. The van der Waals surface area contributed by atoms with Crippen molar-refractivity contribution < 1.29 is 82.8 Å². The maximum Gasteiger partial charge on any atom is 0.333 e. The van der Waals surface area contributed by atoms with Crippen molar-refractivity contribution >= 4 is 70.9 Å². The number of carbonyl (C=O) groups excluding carboxylic acids is 12. The number of benzene rings is 2. The molecule has 10 bridgehead atoms. The SMILES string of the molecule is C#CC=C1C(=O)NCCN2CCN3CCNC(=O)C4=CCCC(=C4O)C(=O)NCCN(CCNC(=O)c4cccc(c4O)C(=O)NCC3)CCN(CCNC(=O)C(C)=C1O)CCNC(=O)c1cccc(c1O)C(=O)NC(CCCCNC(=O)CCCC(=O)ON1C(=O)CCC1=O)C2. The zero-order valence-electron chi connectivity index (χ0n) is 54.3. The van der Waals surface area contributed by atoms with E-state index >= 15 is 0 Å². The normalized spacial score (nSPS) is 23.0. The van der Waals surface area contributed by atoms with E-state index in [1.807, 2.05) is 19.6 Å². The highest BCUT2D eigenvalue weighted by Crippen LogP contribution is 2.26. The second-order valence-electron chi connectivity index (χ2n) is 23.6. The maximum absolute atomic E-state index is 14.6. The number of terminal acetylenes is 1. The number of nitrogens with zero attached hydrogens (tertiary/aromatic N) is 5. The summed E-state index contributed by atoms with van der Waals surface area (Å²) in [6.45, 7) is 2.62. The van der Waals surface area contributed by atoms with Gasteiger partial charge < -0.3 is 73.1 Å². The van der Waals surface area contributed by atoms with Gasteiger partial charge in [0, 0.05) is 169 Å². The average molecular weight is 1350 g/mol. The molecule has 5 heterocycles. The Morgan fingerprint density at radius 3 is 1.52 bits per heavy atom. The van der Waals surface area contributed by atoms with Crippen molar-refractivity contribution in [2.45, 2.75) is 77.2 Å². The van der Waals surface area contributed by atoms with Crippen LogP contribution in [0.1, 0.15) is 113 Å². The van der Waals surface area contributed by atoms with E-state index in [0.29, 0.717) is 17.9 Å². The highest BCUT2D eigenvalue weighted by molar-refractivity contribution is 6.06. The van der Waals surface area contributed by atoms with Gasteiger partial charge in [0.25, 0.3) is 59.1 Å². The number of carbonyl (C=O) groups is 12. The van der Waals surface area contributed by atoms with Crippen LogP contribution in [0.3, 0.4) is 0 Å². The van der Waals surface area contributed by atoms with E-state index in [-0.39, 0.29) is 221 Å². The van der Waals surface area contributed by atoms with E-state index in [4.69, 9.17) is 11.3 Å². The third-order valence-electron chi connectivity index (χ3n) is 16.8. The molecule has 31 heteroatoms. The molecule has 31 nitrogen and oxygen atoms in total. The number of aliphatic hydroxyl groups excluding tert-OH is 2. The van der Waals surface area contributed by atoms with Gasteiger partial charge in [0.1, 0.15) is 23.0 Å². The zero-order valence-corrected chi connectivity index (χ0v) is 54.3. The Morgan fingerprint density at radius 2 is 1.00 bits per heavy atom. The molecule has 0 saturated carbocycles. The highest BCUT2D eigenvalue weighted by Gasteiger charge is 2.33. The second-order valence-corrected chi connectivity index (χ2v) is 23.6. The van der Waals surface area contributed by atoms with E-state index in [2.05, 4.69) is 53.8 Å². The number of phenols is 2. The predicted octanol–water partition coefficient (Wildman–Crippen LogP) is -1.21. The minimum absolute atomic E-state index is 0.00188. The lowest BCUT2D eigenvalue weighted by Gasteiger charge is -2.31. The summed E-state index contributed by atoms with van der Waals surface area (Å²) in [4.78, 5) is 173. The van der Waals surface area contributed by atoms with Crippen LogP contribution in [0, 0.1) is 12.3 Å². The lowest BCUT2D eigenvalue weighted by molar-refractivity contribution is -0.197. The molecule has 11 amide bonds. The Hall–Kier alpha value is -10.2. The minimum Gasteiger partial charge on any atom is -0.507 e. The van der Waals surface area contributed by atoms with E-state index in [1.165, 1.54) is 49.4 Å². The highest BCUT2D eigenvalue weighted by atomic mass is 16.7. The molecule has 5 unspecified atom stereocenters. The quantitative estimate of drug-likeness (QED) is 0.0574. The van der Waals surface area contributed by atoms with Gasteiger partial charge in [-0.1, -0.05) is 24.1 Å². The molecule has 97 heavy (non-hydrogen) atoms. The number of phenolic OH excluding ortho intramolecular Hbond substituents is 2. The number of amides is 11. The van der Waals surface area contributed by atoms with Crippen LogP contribution in [0.15, 0.2) is 82.4 Å². The fraction of sp³-hybridized carbons (Fsp3) is 0.485. The Labute approximate surface area is 560 Å². The van der Waals surface area contributed by atoms with Gasteiger partial charge in [-0.2, -0.15) is 0 Å². The van der Waals surface area contributed by atoms with Crippen molar-refractivity contribution in [3.8, 4) is 23.8 Å². The van der Waals surface area contributed by atoms with Crippen LogP contribution < -0.4 is 47.9 Å². The molecule has 0 spiro atoms. The fourth-order valence-corrected chi connectivity index (χ4v) is 11.3. The zero-order chi connectivity index (χ0) is 70.0. The molecule has 13 N–H and O–H groups in total. The van der Waals surface area contributed by atoms with E-state index in [0.717, 1.165) is 6.08 Å². The third-order valence-corrected chi connectivity index (χ3v) is 16.8. The Balaban J connectivity index is 1.25. The van der Waals surface area contributed by atoms with Gasteiger partial charge >= 0.3 is 5.97 Å². The molecular weight excluding hydrogens is 1260 g/mol. The molecule has 5 atom stereocenters. The van der Waals surface area contributed by atoms with Crippen molar-refractivity contribution in [3.63, 3.8) is 0 Å². The number of rotatable bonds is 10. The summed E-state index contributed by atoms with van der Waals surface area (Å²) in [6.07, 6.45) is 9.15. The van der Waals surface area contributed by atoms with E-state index in [1.54, 1.807) is 0 Å². The summed E-state index contributed by atoms with van der Waals surface area (Å²) in [5.74, 6) is -8.34. The first-order chi connectivity index (χ1) is 46.6. The number of allylic oxidation sites excluding steroid dienone is 2. The molecule has 2 aromatic carbocycles. The molecule has 2 aromatic rings. The molecule has 1 aliphatic carbocycles. The first-order valence-electron chi connectivity index (χ1n) is 32.5. The van der Waals surface area contributed by atoms with Crippen molar-refractivity contribution in [1.82, 2.24) is 72.5 Å². The van der Waals surface area contributed by atoms with Crippen molar-refractivity contribution in [2.24, 2.45) is 0 Å². The van der Waals surface area contributed by atoms with Crippen molar-refractivity contribution in [2.75, 3.05) is 131 Å². The van der Waals surface area contributed by atoms with Crippen LogP contribution >= 0.6 is 0 Å². The van der Waals surface area contributed by atoms with E-state index in [9.17, 15) is 78.0 Å². The number of para-hydroxylation sites is 2. The Kier molecular flexibility index (Phi) is 28.5. The van der Waals surface area contributed by atoms with Gasteiger partial charge in [-0.15, -0.1) is 11.5 Å². The predicted molar refractivity (Wildman–Crippen MR) is 349 cm³/mol. The molecule has 6 aliphatic rings. The van der Waals surface area contributed by atoms with Crippen LogP contribution in [0.25, 0.3) is 0 Å². The summed E-state index contributed by atoms with van der Waals surface area (Å²) in [6, 6.07) is 7.54. The number of fused-ring (bicyclic) bond motifs is 16. The number of imide groups is 1. The smallest absolute Gasteiger partial charge is 0.333 e. The molecule has 1 fully saturated rings. The number of hydroxylamine groups is 2. The van der Waals surface area contributed by atoms with Gasteiger partial charge in [-0.3, -0.25) is 72.3 Å². The summed E-state index contributed by atoms with van der Waals surface area (Å²) >= 11 is 0. The molecule has 5 aliphatic heterocycles. The summed E-state index contributed by atoms with van der Waals surface area (Å²) in [5, 5.41) is 72.1. The number of nitrogens with one attached hydrogen (secondary N) is 9. The van der Waals surface area contributed by atoms with Crippen molar-refractivity contribution in [1.29, 1.82) is 0 Å². The fourth-order valence-electron chi connectivity index (χ4n) is 11.3. The van der Waals surface area contributed by atoms with Gasteiger partial charge in [0.05, 0.1) is 44.5 Å².